The number of hydrogen-bond donors (Lipinski definition) is 2. The lowest BCUT2D eigenvalue weighted by molar-refractivity contribution is 0.262. The summed E-state index contributed by atoms with van der Waals surface area (Å²) < 4.78 is 31.7. The van der Waals surface area contributed by atoms with E-state index in [0.29, 0.717) is 46.8 Å². The molecule has 2 aromatic heterocycles. The van der Waals surface area contributed by atoms with Gasteiger partial charge in [0.1, 0.15) is 10.7 Å². The van der Waals surface area contributed by atoms with Gasteiger partial charge in [-0.25, -0.2) is 17.9 Å². The van der Waals surface area contributed by atoms with Crippen LogP contribution in [0.15, 0.2) is 59.5 Å². The molecule has 3 heterocycles. The number of anilines is 2. The van der Waals surface area contributed by atoms with Crippen molar-refractivity contribution in [2.75, 3.05) is 23.7 Å². The number of piperidine rings is 1. The predicted molar refractivity (Wildman–Crippen MR) is 174 cm³/mol. The third-order valence-electron chi connectivity index (χ3n) is 8.32. The molecule has 2 amide bonds. The zero-order valence-electron chi connectivity index (χ0n) is 26.7. The fraction of sp³-hybridized carbons (Fsp3) is 0.424. The first-order chi connectivity index (χ1) is 20.7. The second kappa shape index (κ2) is 12.2. The molecule has 44 heavy (non-hydrogen) atoms. The van der Waals surface area contributed by atoms with E-state index in [1.165, 1.54) is 0 Å². The highest BCUT2D eigenvalue weighted by Gasteiger charge is 2.33. The summed E-state index contributed by atoms with van der Waals surface area (Å²) in [7, 11) is -1.82. The summed E-state index contributed by atoms with van der Waals surface area (Å²) in [5.41, 5.74) is 5.70. The number of aromatic nitrogens is 4. The molecule has 0 unspecified atom stereocenters. The zero-order valence-corrected chi connectivity index (χ0v) is 27.5. The van der Waals surface area contributed by atoms with Crippen molar-refractivity contribution in [3.8, 4) is 5.69 Å². The maximum atomic E-state index is 13.4. The summed E-state index contributed by atoms with van der Waals surface area (Å²) in [6.07, 6.45) is 2.36. The molecular formula is C33H43N7O3S. The molecule has 10 nitrogen and oxygen atoms in total. The number of nitrogens with zero attached hydrogens (tertiary/aromatic N) is 5. The summed E-state index contributed by atoms with van der Waals surface area (Å²) >= 11 is 0. The number of urea groups is 1. The number of nitrogens with one attached hydrogen (secondary N) is 2. The number of hydrogen-bond acceptors (Lipinski definition) is 5. The minimum absolute atomic E-state index is 0.186. The molecule has 0 bridgehead atoms. The van der Waals surface area contributed by atoms with Crippen LogP contribution in [-0.2, 0) is 28.9 Å². The molecule has 0 radical (unpaired) electrons. The first-order valence-electron chi connectivity index (χ1n) is 15.1. The number of carbonyl (C=O) groups excluding carboxylic acids is 1. The van der Waals surface area contributed by atoms with E-state index in [-0.39, 0.29) is 11.4 Å². The highest BCUT2D eigenvalue weighted by molar-refractivity contribution is 7.89. The van der Waals surface area contributed by atoms with Gasteiger partial charge in [-0.3, -0.25) is 10.00 Å². The Morgan fingerprint density at radius 1 is 0.955 bits per heavy atom. The van der Waals surface area contributed by atoms with E-state index in [9.17, 15) is 13.2 Å². The summed E-state index contributed by atoms with van der Waals surface area (Å²) in [5.74, 6) is 0.937. The molecule has 234 valence electrons. The van der Waals surface area contributed by atoms with Crippen molar-refractivity contribution in [3.63, 3.8) is 0 Å². The van der Waals surface area contributed by atoms with Crippen molar-refractivity contribution in [2.24, 2.45) is 13.0 Å². The van der Waals surface area contributed by atoms with E-state index in [1.807, 2.05) is 55.5 Å². The van der Waals surface area contributed by atoms with Crippen LogP contribution >= 0.6 is 0 Å². The molecule has 1 fully saturated rings. The van der Waals surface area contributed by atoms with Gasteiger partial charge in [0.25, 0.3) is 0 Å². The van der Waals surface area contributed by atoms with Crippen LogP contribution in [-0.4, -0.2) is 51.4 Å². The number of rotatable bonds is 7. The van der Waals surface area contributed by atoms with Gasteiger partial charge in [0.15, 0.2) is 0 Å². The number of sulfonamides is 1. The molecule has 0 spiro atoms. The van der Waals surface area contributed by atoms with Gasteiger partial charge in [-0.2, -0.15) is 14.5 Å². The number of amides is 2. The largest absolute Gasteiger partial charge is 0.324 e. The third-order valence-corrected chi connectivity index (χ3v) is 10.5. The lowest BCUT2D eigenvalue weighted by Crippen LogP contribution is -2.39. The molecule has 11 heteroatoms. The SMILES string of the molecule is Cc1ccc(-n2nc(C(C)(C)C)cc2NC(=O)Nc2cccc(CC3CCN(S(=O)(=O)c4c(C)nn(C)c4C)CC3)c2)cc1. The van der Waals surface area contributed by atoms with Crippen molar-refractivity contribution in [3.05, 3.63) is 82.8 Å². The number of benzene rings is 2. The van der Waals surface area contributed by atoms with Gasteiger partial charge < -0.3 is 5.32 Å². The molecule has 4 aromatic rings. The Bertz CT molecular complexity index is 1760. The third kappa shape index (κ3) is 6.73. The Balaban J connectivity index is 1.22. The molecular weight excluding hydrogens is 574 g/mol. The molecule has 2 aromatic carbocycles. The van der Waals surface area contributed by atoms with Gasteiger partial charge in [0, 0.05) is 37.3 Å². The van der Waals surface area contributed by atoms with Crippen LogP contribution in [0.4, 0.5) is 16.3 Å². The van der Waals surface area contributed by atoms with Crippen LogP contribution in [0.3, 0.4) is 0 Å². The molecule has 0 atom stereocenters. The predicted octanol–water partition coefficient (Wildman–Crippen LogP) is 6.12. The maximum absolute atomic E-state index is 13.4. The van der Waals surface area contributed by atoms with Crippen LogP contribution in [0, 0.1) is 26.7 Å². The molecule has 2 N–H and O–H groups in total. The fourth-order valence-corrected chi connectivity index (χ4v) is 7.59. The average Bonchev–Trinajstić information content (AvgIpc) is 3.49. The lowest BCUT2D eigenvalue weighted by Gasteiger charge is -2.31. The first kappa shape index (κ1) is 31.5. The Labute approximate surface area is 260 Å². The van der Waals surface area contributed by atoms with Crippen molar-refractivity contribution < 1.29 is 13.2 Å². The molecule has 0 saturated carbocycles. The van der Waals surface area contributed by atoms with Gasteiger partial charge in [-0.15, -0.1) is 0 Å². The van der Waals surface area contributed by atoms with E-state index >= 15 is 0 Å². The molecule has 5 rings (SSSR count). The summed E-state index contributed by atoms with van der Waals surface area (Å²) in [6.45, 7) is 12.8. The van der Waals surface area contributed by atoms with Crippen LogP contribution in [0.5, 0.6) is 0 Å². The van der Waals surface area contributed by atoms with Gasteiger partial charge in [-0.05, 0) is 75.8 Å². The van der Waals surface area contributed by atoms with Crippen molar-refractivity contribution in [1.29, 1.82) is 0 Å². The Hall–Kier alpha value is -3.96. The standard InChI is InChI=1S/C33H43N7O3S/c1-22-11-13-28(14-12-22)40-30(21-29(37-40)33(4,5)6)35-32(41)34-27-10-8-9-26(20-27)19-25-15-17-39(18-16-25)44(42,43)31-23(2)36-38(7)24(31)3/h8-14,20-21,25H,15-19H2,1-7H3,(H2,34,35,41). The second-order valence-corrected chi connectivity index (χ2v) is 14.7. The van der Waals surface area contributed by atoms with E-state index in [4.69, 9.17) is 5.10 Å². The van der Waals surface area contributed by atoms with E-state index in [1.54, 1.807) is 34.6 Å². The Morgan fingerprint density at radius 2 is 1.64 bits per heavy atom. The summed E-state index contributed by atoms with van der Waals surface area (Å²) in [4.78, 5) is 13.5. The lowest BCUT2D eigenvalue weighted by atomic mass is 9.91. The zero-order chi connectivity index (χ0) is 31.8. The number of aryl methyl sites for hydroxylation is 3. The Kier molecular flexibility index (Phi) is 8.73. The van der Waals surface area contributed by atoms with Crippen LogP contribution in [0.2, 0.25) is 0 Å². The minimum Gasteiger partial charge on any atom is -0.308 e. The van der Waals surface area contributed by atoms with Gasteiger partial charge in [-0.1, -0.05) is 50.6 Å². The summed E-state index contributed by atoms with van der Waals surface area (Å²) in [6, 6.07) is 17.4. The van der Waals surface area contributed by atoms with Gasteiger partial charge in [0.05, 0.1) is 22.8 Å². The van der Waals surface area contributed by atoms with Crippen LogP contribution in [0.1, 0.15) is 61.8 Å². The van der Waals surface area contributed by atoms with Crippen LogP contribution < -0.4 is 10.6 Å². The van der Waals surface area contributed by atoms with E-state index in [2.05, 4.69) is 42.6 Å². The minimum atomic E-state index is -3.59. The molecule has 0 aliphatic carbocycles. The Morgan fingerprint density at radius 3 is 2.25 bits per heavy atom. The van der Waals surface area contributed by atoms with Crippen molar-refractivity contribution >= 4 is 27.6 Å². The molecule has 1 saturated heterocycles. The fourth-order valence-electron chi connectivity index (χ4n) is 5.72. The summed E-state index contributed by atoms with van der Waals surface area (Å²) in [5, 5.41) is 15.1. The maximum Gasteiger partial charge on any atom is 0.324 e. The molecule has 1 aliphatic heterocycles. The van der Waals surface area contributed by atoms with Gasteiger partial charge in [0.2, 0.25) is 10.0 Å². The highest BCUT2D eigenvalue weighted by Crippen LogP contribution is 2.30. The topological polar surface area (TPSA) is 114 Å². The quantitative estimate of drug-likeness (QED) is 0.260. The van der Waals surface area contributed by atoms with Gasteiger partial charge >= 0.3 is 6.03 Å². The average molecular weight is 618 g/mol. The van der Waals surface area contributed by atoms with Crippen molar-refractivity contribution in [1.82, 2.24) is 23.9 Å². The number of carbonyl (C=O) groups is 1. The second-order valence-electron chi connectivity index (χ2n) is 12.9. The highest BCUT2D eigenvalue weighted by atomic mass is 32.2. The van der Waals surface area contributed by atoms with E-state index in [0.717, 1.165) is 41.8 Å². The smallest absolute Gasteiger partial charge is 0.308 e. The molecule has 1 aliphatic rings. The monoisotopic (exact) mass is 617 g/mol. The van der Waals surface area contributed by atoms with E-state index < -0.39 is 10.0 Å². The van der Waals surface area contributed by atoms with Crippen LogP contribution in [0.25, 0.3) is 5.69 Å². The van der Waals surface area contributed by atoms with Crippen molar-refractivity contribution in [2.45, 2.75) is 71.1 Å². The normalized spacial score (nSPS) is 15.0. The first-order valence-corrected chi connectivity index (χ1v) is 16.5.